The maximum absolute atomic E-state index is 11.6. The zero-order valence-corrected chi connectivity index (χ0v) is 20.8. The van der Waals surface area contributed by atoms with E-state index < -0.39 is 19.9 Å². The van der Waals surface area contributed by atoms with Crippen molar-refractivity contribution in [1.82, 2.24) is 0 Å². The molecule has 0 aromatic carbocycles. The van der Waals surface area contributed by atoms with Crippen LogP contribution in [-0.4, -0.2) is 41.7 Å². The highest BCUT2D eigenvalue weighted by atomic mass is 31.2. The number of hydrogen-bond donors (Lipinski definition) is 2. The summed E-state index contributed by atoms with van der Waals surface area (Å²) in [6.07, 6.45) is 18.2. The van der Waals surface area contributed by atoms with Gasteiger partial charge < -0.3 is 19.3 Å². The normalized spacial score (nSPS) is 12.8. The fraction of sp³-hybridized carbons (Fsp3) is 0.957. The third kappa shape index (κ3) is 24.0. The Hall–Kier alpha value is -0.460. The molecule has 0 aliphatic rings. The van der Waals surface area contributed by atoms with Crippen LogP contribution < -0.4 is 0 Å². The van der Waals surface area contributed by atoms with E-state index in [0.29, 0.717) is 13.0 Å². The van der Waals surface area contributed by atoms with E-state index in [1.54, 1.807) is 0 Å². The molecule has 7 nitrogen and oxygen atoms in total. The molecule has 0 bridgehead atoms. The lowest BCUT2D eigenvalue weighted by Gasteiger charge is -2.18. The minimum absolute atomic E-state index is 0.0773. The largest absolute Gasteiger partial charge is 0.469 e. The summed E-state index contributed by atoms with van der Waals surface area (Å²) in [5.41, 5.74) is 0. The van der Waals surface area contributed by atoms with Crippen LogP contribution >= 0.6 is 7.82 Å². The van der Waals surface area contributed by atoms with Crippen LogP contribution in [0.4, 0.5) is 0 Å². The first kappa shape index (κ1) is 30.5. The predicted octanol–water partition coefficient (Wildman–Crippen LogP) is 6.31. The van der Waals surface area contributed by atoms with Crippen LogP contribution in [0.3, 0.4) is 0 Å². The molecule has 1 atom stereocenters. The Kier molecular flexibility index (Phi) is 21.1. The van der Waals surface area contributed by atoms with E-state index in [-0.39, 0.29) is 19.6 Å². The Morgan fingerprint density at radius 2 is 1.23 bits per heavy atom. The van der Waals surface area contributed by atoms with Gasteiger partial charge in [-0.15, -0.1) is 0 Å². The predicted molar refractivity (Wildman–Crippen MR) is 124 cm³/mol. The van der Waals surface area contributed by atoms with Gasteiger partial charge in [-0.1, -0.05) is 97.3 Å². The zero-order chi connectivity index (χ0) is 23.2. The highest BCUT2D eigenvalue weighted by Gasteiger charge is 2.21. The number of carbonyl (C=O) groups excluding carboxylic acids is 1. The molecule has 0 amide bonds. The maximum Gasteiger partial charge on any atom is 0.469 e. The van der Waals surface area contributed by atoms with Gasteiger partial charge in [0.05, 0.1) is 13.2 Å². The van der Waals surface area contributed by atoms with Gasteiger partial charge in [0.15, 0.2) is 0 Å². The molecule has 0 unspecified atom stereocenters. The molecule has 0 saturated heterocycles. The van der Waals surface area contributed by atoms with Crippen molar-refractivity contribution in [3.05, 3.63) is 0 Å². The smallest absolute Gasteiger partial charge is 0.457 e. The summed E-state index contributed by atoms with van der Waals surface area (Å²) < 4.78 is 26.0. The van der Waals surface area contributed by atoms with Crippen LogP contribution in [-0.2, 0) is 23.4 Å². The SMILES string of the molecule is CCCCCCCCCCCCCCCCOC[C@H](COP(=O)(O)O)OC(=O)CCC. The van der Waals surface area contributed by atoms with E-state index in [1.165, 1.54) is 77.0 Å². The number of ether oxygens (including phenoxy) is 2. The highest BCUT2D eigenvalue weighted by molar-refractivity contribution is 7.46. The van der Waals surface area contributed by atoms with Crippen molar-refractivity contribution < 1.29 is 33.1 Å². The number of phosphoric acid groups is 1. The molecule has 0 aromatic rings. The fourth-order valence-corrected chi connectivity index (χ4v) is 3.72. The molecule has 0 radical (unpaired) electrons. The minimum atomic E-state index is -4.60. The third-order valence-corrected chi connectivity index (χ3v) is 5.61. The molecule has 0 aliphatic heterocycles. The molecular formula is C23H47O7P. The Morgan fingerprint density at radius 3 is 1.68 bits per heavy atom. The number of phosphoric ester groups is 1. The van der Waals surface area contributed by atoms with Gasteiger partial charge in [0, 0.05) is 13.0 Å². The van der Waals surface area contributed by atoms with Gasteiger partial charge in [-0.3, -0.25) is 9.32 Å². The van der Waals surface area contributed by atoms with Gasteiger partial charge in [-0.2, -0.15) is 0 Å². The lowest BCUT2D eigenvalue weighted by molar-refractivity contribution is -0.154. The van der Waals surface area contributed by atoms with Gasteiger partial charge in [-0.05, 0) is 12.8 Å². The van der Waals surface area contributed by atoms with Crippen molar-refractivity contribution in [1.29, 1.82) is 0 Å². The topological polar surface area (TPSA) is 102 Å². The highest BCUT2D eigenvalue weighted by Crippen LogP contribution is 2.35. The number of esters is 1. The summed E-state index contributed by atoms with van der Waals surface area (Å²) in [5, 5.41) is 0. The molecule has 186 valence electrons. The summed E-state index contributed by atoms with van der Waals surface area (Å²) in [4.78, 5) is 29.3. The Balaban J connectivity index is 3.61. The first-order chi connectivity index (χ1) is 14.9. The lowest BCUT2D eigenvalue weighted by Crippen LogP contribution is -2.28. The molecular weight excluding hydrogens is 419 g/mol. The number of rotatable bonds is 23. The van der Waals surface area contributed by atoms with Crippen molar-refractivity contribution in [2.45, 2.75) is 123 Å². The van der Waals surface area contributed by atoms with Crippen molar-refractivity contribution >= 4 is 13.8 Å². The fourth-order valence-electron chi connectivity index (χ4n) is 3.36. The van der Waals surface area contributed by atoms with E-state index in [0.717, 1.165) is 12.8 Å². The van der Waals surface area contributed by atoms with E-state index in [1.807, 2.05) is 6.92 Å². The number of unbranched alkanes of at least 4 members (excludes halogenated alkanes) is 13. The van der Waals surface area contributed by atoms with Gasteiger partial charge in [0.1, 0.15) is 6.10 Å². The third-order valence-electron chi connectivity index (χ3n) is 5.13. The van der Waals surface area contributed by atoms with Gasteiger partial charge in [0.2, 0.25) is 0 Å². The minimum Gasteiger partial charge on any atom is -0.457 e. The number of hydrogen-bond acceptors (Lipinski definition) is 5. The second kappa shape index (κ2) is 21.4. The van der Waals surface area contributed by atoms with Crippen LogP contribution in [0.2, 0.25) is 0 Å². The summed E-state index contributed by atoms with van der Waals surface area (Å²) in [6.45, 7) is 4.35. The summed E-state index contributed by atoms with van der Waals surface area (Å²) >= 11 is 0. The van der Waals surface area contributed by atoms with Crippen molar-refractivity contribution in [3.63, 3.8) is 0 Å². The molecule has 0 spiro atoms. The van der Waals surface area contributed by atoms with Crippen LogP contribution in [0.25, 0.3) is 0 Å². The quantitative estimate of drug-likeness (QED) is 0.103. The van der Waals surface area contributed by atoms with Crippen LogP contribution in [0.15, 0.2) is 0 Å². The molecule has 0 heterocycles. The van der Waals surface area contributed by atoms with Gasteiger partial charge >= 0.3 is 13.8 Å². The van der Waals surface area contributed by atoms with Gasteiger partial charge in [-0.25, -0.2) is 4.57 Å². The zero-order valence-electron chi connectivity index (χ0n) is 19.9. The van der Waals surface area contributed by atoms with E-state index in [2.05, 4.69) is 11.4 Å². The van der Waals surface area contributed by atoms with Crippen LogP contribution in [0, 0.1) is 0 Å². The monoisotopic (exact) mass is 466 g/mol. The van der Waals surface area contributed by atoms with Crippen molar-refractivity contribution in [2.24, 2.45) is 0 Å². The summed E-state index contributed by atoms with van der Waals surface area (Å²) in [6, 6.07) is 0. The first-order valence-corrected chi connectivity index (χ1v) is 13.9. The number of carbonyl (C=O) groups is 1. The molecule has 0 fully saturated rings. The Labute approximate surface area is 189 Å². The second-order valence-corrected chi connectivity index (χ2v) is 9.56. The van der Waals surface area contributed by atoms with Crippen LogP contribution in [0.5, 0.6) is 0 Å². The first-order valence-electron chi connectivity index (χ1n) is 12.4. The molecule has 0 saturated carbocycles. The standard InChI is InChI=1S/C23H47O7P/c1-3-5-6-7-8-9-10-11-12-13-14-15-16-17-19-28-20-22(21-29-31(25,26)27)30-23(24)18-4-2/h22H,3-21H2,1-2H3,(H2,25,26,27)/t22-/m1/s1. The average Bonchev–Trinajstić information content (AvgIpc) is 2.71. The van der Waals surface area contributed by atoms with Crippen molar-refractivity contribution in [3.8, 4) is 0 Å². The molecule has 0 rings (SSSR count). The average molecular weight is 467 g/mol. The molecule has 2 N–H and O–H groups in total. The Bertz CT molecular complexity index is 453. The van der Waals surface area contributed by atoms with Gasteiger partial charge in [0.25, 0.3) is 0 Å². The second-order valence-electron chi connectivity index (χ2n) is 8.32. The molecule has 0 aliphatic carbocycles. The summed E-state index contributed by atoms with van der Waals surface area (Å²) in [5.74, 6) is -0.415. The van der Waals surface area contributed by atoms with Crippen molar-refractivity contribution in [2.75, 3.05) is 19.8 Å². The van der Waals surface area contributed by atoms with E-state index in [9.17, 15) is 9.36 Å². The Morgan fingerprint density at radius 1 is 0.742 bits per heavy atom. The molecule has 8 heteroatoms. The van der Waals surface area contributed by atoms with E-state index in [4.69, 9.17) is 19.3 Å². The maximum atomic E-state index is 11.6. The van der Waals surface area contributed by atoms with E-state index >= 15 is 0 Å². The summed E-state index contributed by atoms with van der Waals surface area (Å²) in [7, 11) is -4.60. The lowest BCUT2D eigenvalue weighted by atomic mass is 10.0. The molecule has 31 heavy (non-hydrogen) atoms. The molecule has 0 aromatic heterocycles. The van der Waals surface area contributed by atoms with Crippen LogP contribution in [0.1, 0.15) is 117 Å².